The number of ketones is 1. The Balaban J connectivity index is 1.60. The number of nitrogens with zero attached hydrogens (tertiary/aromatic N) is 2. The molecule has 3 nitrogen and oxygen atoms in total. The van der Waals surface area contributed by atoms with Crippen LogP contribution >= 0.6 is 0 Å². The van der Waals surface area contributed by atoms with Gasteiger partial charge in [0.15, 0.2) is 6.54 Å². The van der Waals surface area contributed by atoms with Crippen molar-refractivity contribution in [2.45, 2.75) is 20.4 Å². The second kappa shape index (κ2) is 6.60. The lowest BCUT2D eigenvalue weighted by atomic mass is 10.0. The van der Waals surface area contributed by atoms with Crippen LogP contribution in [0, 0.1) is 13.8 Å². The molecular formula is C23H21N2O+. The highest BCUT2D eigenvalue weighted by Gasteiger charge is 2.18. The first-order valence-electron chi connectivity index (χ1n) is 8.78. The van der Waals surface area contributed by atoms with Gasteiger partial charge in [0.05, 0.1) is 6.20 Å². The fourth-order valence-corrected chi connectivity index (χ4v) is 3.32. The zero-order valence-electron chi connectivity index (χ0n) is 15.0. The maximum absolute atomic E-state index is 12.8. The normalized spacial score (nSPS) is 11.0. The summed E-state index contributed by atoms with van der Waals surface area (Å²) < 4.78 is 4.14. The second-order valence-electron chi connectivity index (χ2n) is 6.70. The van der Waals surface area contributed by atoms with E-state index < -0.39 is 0 Å². The highest BCUT2D eigenvalue weighted by Crippen LogP contribution is 2.20. The fraction of sp³-hybridized carbons (Fsp3) is 0.130. The highest BCUT2D eigenvalue weighted by molar-refractivity contribution is 5.96. The summed E-state index contributed by atoms with van der Waals surface area (Å²) in [5, 5.41) is 0. The molecule has 0 N–H and O–H groups in total. The van der Waals surface area contributed by atoms with Gasteiger partial charge in [-0.05, 0) is 29.7 Å². The largest absolute Gasteiger partial charge is 0.290 e. The smallest absolute Gasteiger partial charge is 0.286 e. The molecule has 0 aliphatic heterocycles. The van der Waals surface area contributed by atoms with Gasteiger partial charge in [0.25, 0.3) is 5.65 Å². The first-order chi connectivity index (χ1) is 12.6. The molecule has 0 spiro atoms. The first kappa shape index (κ1) is 16.3. The number of carbonyl (C=O) groups is 1. The minimum atomic E-state index is 0.117. The Morgan fingerprint density at radius 1 is 0.846 bits per heavy atom. The maximum atomic E-state index is 12.8. The van der Waals surface area contributed by atoms with Crippen LogP contribution in [0.2, 0.25) is 0 Å². The number of hydrogen-bond acceptors (Lipinski definition) is 1. The number of benzene rings is 2. The van der Waals surface area contributed by atoms with Crippen LogP contribution in [-0.2, 0) is 6.54 Å². The van der Waals surface area contributed by atoms with Crippen molar-refractivity contribution < 1.29 is 9.20 Å². The molecule has 3 heteroatoms. The quantitative estimate of drug-likeness (QED) is 0.399. The van der Waals surface area contributed by atoms with E-state index in [-0.39, 0.29) is 5.78 Å². The topological polar surface area (TPSA) is 26.1 Å². The Labute approximate surface area is 153 Å². The lowest BCUT2D eigenvalue weighted by Gasteiger charge is -2.04. The molecule has 26 heavy (non-hydrogen) atoms. The summed E-state index contributed by atoms with van der Waals surface area (Å²) in [6.45, 7) is 4.45. The van der Waals surface area contributed by atoms with Crippen molar-refractivity contribution in [1.82, 2.24) is 4.57 Å². The van der Waals surface area contributed by atoms with Crippen molar-refractivity contribution in [2.24, 2.45) is 0 Å². The van der Waals surface area contributed by atoms with Crippen molar-refractivity contribution in [1.29, 1.82) is 0 Å². The van der Waals surface area contributed by atoms with Gasteiger partial charge in [0.2, 0.25) is 5.78 Å². The van der Waals surface area contributed by atoms with E-state index in [1.54, 1.807) is 0 Å². The summed E-state index contributed by atoms with van der Waals surface area (Å²) in [6.07, 6.45) is 4.14. The molecule has 0 radical (unpaired) electrons. The number of hydrogen-bond donors (Lipinski definition) is 0. The number of carbonyl (C=O) groups excluding carboxylic acids is 1. The molecule has 0 unspecified atom stereocenters. The van der Waals surface area contributed by atoms with Gasteiger partial charge in [0, 0.05) is 18.6 Å². The first-order valence-corrected chi connectivity index (χ1v) is 8.78. The van der Waals surface area contributed by atoms with Crippen molar-refractivity contribution in [3.63, 3.8) is 0 Å². The molecule has 2 heterocycles. The monoisotopic (exact) mass is 341 g/mol. The third kappa shape index (κ3) is 3.04. The molecule has 0 saturated carbocycles. The molecule has 0 amide bonds. The Bertz CT molecular complexity index is 1080. The highest BCUT2D eigenvalue weighted by atomic mass is 16.1. The third-order valence-corrected chi connectivity index (χ3v) is 4.75. The molecule has 0 bridgehead atoms. The predicted octanol–water partition coefficient (Wildman–Crippen LogP) is 4.39. The lowest BCUT2D eigenvalue weighted by molar-refractivity contribution is -0.511. The van der Waals surface area contributed by atoms with Crippen LogP contribution in [0.4, 0.5) is 0 Å². The SMILES string of the molecule is Cc1ccc2n(CC(=O)c3ccc(-c4ccccc4)cc3)c(C)c[n+]2c1. The number of Topliss-reactive ketones (excluding diaryl/α,β-unsaturated/α-hetero) is 1. The minimum Gasteiger partial charge on any atom is -0.290 e. The number of pyridine rings is 1. The zero-order chi connectivity index (χ0) is 18.1. The predicted molar refractivity (Wildman–Crippen MR) is 103 cm³/mol. The van der Waals surface area contributed by atoms with Crippen LogP contribution in [0.15, 0.2) is 79.1 Å². The summed E-state index contributed by atoms with van der Waals surface area (Å²) in [4.78, 5) is 12.8. The molecule has 2 aromatic heterocycles. The average molecular weight is 341 g/mol. The van der Waals surface area contributed by atoms with Gasteiger partial charge in [-0.25, -0.2) is 8.97 Å². The standard InChI is InChI=1S/C23H21N2O/c1-17-8-13-23-24(14-17)15-18(2)25(23)16-22(26)21-11-9-20(10-12-21)19-6-4-3-5-7-19/h3-15H,16H2,1-2H3/q+1. The molecule has 0 saturated heterocycles. The summed E-state index contributed by atoms with van der Waals surface area (Å²) in [5.41, 5.74) is 6.32. The summed E-state index contributed by atoms with van der Waals surface area (Å²) in [7, 11) is 0. The Hall–Kier alpha value is -3.20. The van der Waals surface area contributed by atoms with E-state index in [0.29, 0.717) is 6.54 Å². The van der Waals surface area contributed by atoms with Gasteiger partial charge in [-0.1, -0.05) is 54.6 Å². The van der Waals surface area contributed by atoms with Gasteiger partial charge in [-0.15, -0.1) is 0 Å². The van der Waals surface area contributed by atoms with E-state index >= 15 is 0 Å². The number of fused-ring (bicyclic) bond motifs is 1. The number of aryl methyl sites for hydroxylation is 2. The average Bonchev–Trinajstić information content (AvgIpc) is 2.97. The van der Waals surface area contributed by atoms with Gasteiger partial charge in [-0.2, -0.15) is 0 Å². The van der Waals surface area contributed by atoms with E-state index in [4.69, 9.17) is 0 Å². The van der Waals surface area contributed by atoms with Crippen LogP contribution in [-0.4, -0.2) is 10.4 Å². The van der Waals surface area contributed by atoms with E-state index in [0.717, 1.165) is 28.0 Å². The van der Waals surface area contributed by atoms with E-state index in [9.17, 15) is 4.79 Å². The molecule has 4 rings (SSSR count). The number of rotatable bonds is 4. The van der Waals surface area contributed by atoms with E-state index in [1.165, 1.54) is 5.56 Å². The molecule has 0 fully saturated rings. The van der Waals surface area contributed by atoms with Crippen LogP contribution in [0.5, 0.6) is 0 Å². The third-order valence-electron chi connectivity index (χ3n) is 4.75. The summed E-state index contributed by atoms with van der Waals surface area (Å²) in [6, 6.07) is 22.2. The van der Waals surface area contributed by atoms with E-state index in [2.05, 4.69) is 52.6 Å². The fourth-order valence-electron chi connectivity index (χ4n) is 3.32. The molecule has 0 atom stereocenters. The molecule has 0 aliphatic rings. The van der Waals surface area contributed by atoms with Gasteiger partial charge in [0.1, 0.15) is 11.9 Å². The summed E-state index contributed by atoms with van der Waals surface area (Å²) in [5.74, 6) is 0.117. The molecule has 128 valence electrons. The van der Waals surface area contributed by atoms with Crippen LogP contribution < -0.4 is 4.40 Å². The van der Waals surface area contributed by atoms with Crippen molar-refractivity contribution in [3.8, 4) is 11.1 Å². The van der Waals surface area contributed by atoms with Crippen molar-refractivity contribution in [3.05, 3.63) is 95.9 Å². The molecule has 2 aromatic carbocycles. The Kier molecular flexibility index (Phi) is 4.13. The van der Waals surface area contributed by atoms with E-state index in [1.807, 2.05) is 49.4 Å². The van der Waals surface area contributed by atoms with Crippen LogP contribution in [0.1, 0.15) is 21.6 Å². The van der Waals surface area contributed by atoms with Gasteiger partial charge >= 0.3 is 0 Å². The summed E-state index contributed by atoms with van der Waals surface area (Å²) >= 11 is 0. The lowest BCUT2D eigenvalue weighted by Crippen LogP contribution is -2.20. The maximum Gasteiger partial charge on any atom is 0.286 e. The minimum absolute atomic E-state index is 0.117. The molecular weight excluding hydrogens is 320 g/mol. The zero-order valence-corrected chi connectivity index (χ0v) is 15.0. The van der Waals surface area contributed by atoms with Gasteiger partial charge < -0.3 is 0 Å². The van der Waals surface area contributed by atoms with Crippen molar-refractivity contribution >= 4 is 11.4 Å². The molecule has 0 aliphatic carbocycles. The number of imidazole rings is 1. The van der Waals surface area contributed by atoms with Crippen molar-refractivity contribution in [2.75, 3.05) is 0 Å². The van der Waals surface area contributed by atoms with Crippen LogP contribution in [0.3, 0.4) is 0 Å². The Morgan fingerprint density at radius 3 is 2.27 bits per heavy atom. The van der Waals surface area contributed by atoms with Gasteiger partial charge in [-0.3, -0.25) is 4.79 Å². The molecule has 4 aromatic rings. The number of aromatic nitrogens is 2. The Morgan fingerprint density at radius 2 is 1.54 bits per heavy atom. The van der Waals surface area contributed by atoms with Crippen LogP contribution in [0.25, 0.3) is 16.8 Å². The second-order valence-corrected chi connectivity index (χ2v) is 6.70.